The average Bonchev–Trinajstić information content (AvgIpc) is 2.43. The van der Waals surface area contributed by atoms with Crippen LogP contribution in [0, 0.1) is 0 Å². The van der Waals surface area contributed by atoms with Crippen LogP contribution in [0.3, 0.4) is 0 Å². The van der Waals surface area contributed by atoms with Gasteiger partial charge in [-0.25, -0.2) is 0 Å². The Bertz CT molecular complexity index is 653. The van der Waals surface area contributed by atoms with Gasteiger partial charge in [-0.15, -0.1) is 0 Å². The monoisotopic (exact) mass is 236 g/mol. The zero-order chi connectivity index (χ0) is 12.5. The molecule has 90 valence electrons. The largest absolute Gasteiger partial charge is 0.261 e. The van der Waals surface area contributed by atoms with Crippen molar-refractivity contribution >= 4 is 21.5 Å². The summed E-state index contributed by atoms with van der Waals surface area (Å²) in [5, 5.41) is 4.90. The normalized spacial score (nSPS) is 11.2. The highest BCUT2D eigenvalue weighted by Crippen LogP contribution is 2.23. The van der Waals surface area contributed by atoms with Gasteiger partial charge < -0.3 is 0 Å². The van der Waals surface area contributed by atoms with Gasteiger partial charge >= 0.3 is 0 Å². The summed E-state index contributed by atoms with van der Waals surface area (Å²) in [6, 6.07) is 8.75. The molecule has 0 fully saturated rings. The van der Waals surface area contributed by atoms with E-state index in [1.807, 2.05) is 12.4 Å². The van der Waals surface area contributed by atoms with E-state index in [4.69, 9.17) is 0 Å². The van der Waals surface area contributed by atoms with Crippen LogP contribution >= 0.6 is 0 Å². The van der Waals surface area contributed by atoms with Crippen LogP contribution in [0.25, 0.3) is 21.5 Å². The van der Waals surface area contributed by atoms with E-state index in [1.165, 1.54) is 21.5 Å². The third-order valence-corrected chi connectivity index (χ3v) is 3.40. The molecule has 18 heavy (non-hydrogen) atoms. The van der Waals surface area contributed by atoms with Crippen LogP contribution in [0.2, 0.25) is 0 Å². The molecule has 0 saturated carbocycles. The Morgan fingerprint density at radius 2 is 1.11 bits per heavy atom. The second-order valence-corrected chi connectivity index (χ2v) is 4.60. The van der Waals surface area contributed by atoms with Crippen molar-refractivity contribution in [3.05, 3.63) is 48.0 Å². The van der Waals surface area contributed by atoms with Crippen LogP contribution in [0.15, 0.2) is 36.7 Å². The maximum Gasteiger partial charge on any atom is 0.0407 e. The van der Waals surface area contributed by atoms with Gasteiger partial charge in [0, 0.05) is 34.6 Å². The Morgan fingerprint density at radius 3 is 1.50 bits per heavy atom. The Hall–Kier alpha value is -1.96. The number of pyridine rings is 2. The number of aromatic nitrogens is 2. The number of hydrogen-bond acceptors (Lipinski definition) is 2. The van der Waals surface area contributed by atoms with Crippen molar-refractivity contribution in [2.75, 3.05) is 0 Å². The molecule has 0 aliphatic carbocycles. The maximum absolute atomic E-state index is 4.46. The second kappa shape index (κ2) is 4.37. The predicted octanol–water partition coefficient (Wildman–Crippen LogP) is 3.91. The number of rotatable bonds is 2. The van der Waals surface area contributed by atoms with E-state index in [2.05, 4.69) is 48.1 Å². The fourth-order valence-corrected chi connectivity index (χ4v) is 2.27. The zero-order valence-electron chi connectivity index (χ0n) is 10.8. The van der Waals surface area contributed by atoms with Crippen LogP contribution in [-0.4, -0.2) is 9.97 Å². The summed E-state index contributed by atoms with van der Waals surface area (Å²) >= 11 is 0. The van der Waals surface area contributed by atoms with Gasteiger partial charge in [0.25, 0.3) is 0 Å². The summed E-state index contributed by atoms with van der Waals surface area (Å²) in [6.07, 6.45) is 5.89. The summed E-state index contributed by atoms with van der Waals surface area (Å²) in [7, 11) is 0. The lowest BCUT2D eigenvalue weighted by Gasteiger charge is -2.05. The molecular formula is C16H16N2. The summed E-state index contributed by atoms with van der Waals surface area (Å²) in [6.45, 7) is 4.26. The van der Waals surface area contributed by atoms with E-state index in [9.17, 15) is 0 Å². The van der Waals surface area contributed by atoms with Crippen LogP contribution in [0.1, 0.15) is 25.2 Å². The first kappa shape index (κ1) is 11.1. The molecule has 2 heterocycles. The fourth-order valence-electron chi connectivity index (χ4n) is 2.27. The maximum atomic E-state index is 4.46. The minimum Gasteiger partial charge on any atom is -0.261 e. The van der Waals surface area contributed by atoms with E-state index < -0.39 is 0 Å². The van der Waals surface area contributed by atoms with E-state index in [-0.39, 0.29) is 0 Å². The summed E-state index contributed by atoms with van der Waals surface area (Å²) < 4.78 is 0. The Morgan fingerprint density at radius 1 is 0.667 bits per heavy atom. The topological polar surface area (TPSA) is 25.8 Å². The molecule has 2 heteroatoms. The minimum atomic E-state index is 0.973. The van der Waals surface area contributed by atoms with Gasteiger partial charge in [0.05, 0.1) is 0 Å². The standard InChI is InChI=1S/C16H16N2/c1-3-15-7-11-5-14-10-18-16(4-2)8-12(14)6-13(11)9-17-15/h5-10H,3-4H2,1-2H3. The molecule has 0 aliphatic heterocycles. The molecule has 2 nitrogen and oxygen atoms in total. The van der Waals surface area contributed by atoms with Crippen molar-refractivity contribution in [3.8, 4) is 0 Å². The molecule has 0 saturated heterocycles. The SMILES string of the molecule is CCc1cc2cc3cnc(CC)cc3cc2cn1. The van der Waals surface area contributed by atoms with Crippen molar-refractivity contribution in [2.24, 2.45) is 0 Å². The average molecular weight is 236 g/mol. The molecule has 3 aromatic rings. The summed E-state index contributed by atoms with van der Waals surface area (Å²) in [4.78, 5) is 8.92. The molecule has 0 N–H and O–H groups in total. The highest BCUT2D eigenvalue weighted by Gasteiger charge is 2.01. The number of nitrogens with zero attached hydrogens (tertiary/aromatic N) is 2. The number of benzene rings is 1. The lowest BCUT2D eigenvalue weighted by molar-refractivity contribution is 1.04. The van der Waals surface area contributed by atoms with E-state index in [0.29, 0.717) is 0 Å². The first-order chi connectivity index (χ1) is 8.80. The molecule has 1 aromatic carbocycles. The lowest BCUT2D eigenvalue weighted by Crippen LogP contribution is -1.89. The Balaban J connectivity index is 2.28. The van der Waals surface area contributed by atoms with Crippen LogP contribution in [0.4, 0.5) is 0 Å². The number of fused-ring (bicyclic) bond motifs is 2. The van der Waals surface area contributed by atoms with Crippen molar-refractivity contribution in [2.45, 2.75) is 26.7 Å². The molecule has 0 bridgehead atoms. The zero-order valence-corrected chi connectivity index (χ0v) is 10.8. The summed E-state index contributed by atoms with van der Waals surface area (Å²) in [5.74, 6) is 0. The third kappa shape index (κ3) is 1.84. The minimum absolute atomic E-state index is 0.973. The first-order valence-corrected chi connectivity index (χ1v) is 6.47. The van der Waals surface area contributed by atoms with Gasteiger partial charge in [-0.3, -0.25) is 9.97 Å². The van der Waals surface area contributed by atoms with Crippen molar-refractivity contribution < 1.29 is 0 Å². The first-order valence-electron chi connectivity index (χ1n) is 6.47. The molecule has 0 unspecified atom stereocenters. The molecule has 2 aromatic heterocycles. The van der Waals surface area contributed by atoms with Crippen LogP contribution in [-0.2, 0) is 12.8 Å². The highest BCUT2D eigenvalue weighted by atomic mass is 14.7. The molecule has 0 aliphatic rings. The van der Waals surface area contributed by atoms with Gasteiger partial charge in [-0.2, -0.15) is 0 Å². The lowest BCUT2D eigenvalue weighted by atomic mass is 10.0. The smallest absolute Gasteiger partial charge is 0.0407 e. The van der Waals surface area contributed by atoms with E-state index in [0.717, 1.165) is 24.2 Å². The number of aryl methyl sites for hydroxylation is 2. The highest BCUT2D eigenvalue weighted by molar-refractivity contribution is 5.97. The number of hydrogen-bond donors (Lipinski definition) is 0. The van der Waals surface area contributed by atoms with Gasteiger partial charge in [0.2, 0.25) is 0 Å². The molecule has 3 rings (SSSR count). The molecule has 0 atom stereocenters. The second-order valence-electron chi connectivity index (χ2n) is 4.60. The summed E-state index contributed by atoms with van der Waals surface area (Å²) in [5.41, 5.74) is 2.28. The molecule has 0 radical (unpaired) electrons. The van der Waals surface area contributed by atoms with Crippen LogP contribution < -0.4 is 0 Å². The van der Waals surface area contributed by atoms with Crippen molar-refractivity contribution in [1.29, 1.82) is 0 Å². The van der Waals surface area contributed by atoms with Gasteiger partial charge in [0.1, 0.15) is 0 Å². The molecular weight excluding hydrogens is 220 g/mol. The van der Waals surface area contributed by atoms with Crippen molar-refractivity contribution in [1.82, 2.24) is 9.97 Å². The quantitative estimate of drug-likeness (QED) is 0.630. The predicted molar refractivity (Wildman–Crippen MR) is 75.8 cm³/mol. The Kier molecular flexibility index (Phi) is 2.71. The fraction of sp³-hybridized carbons (Fsp3) is 0.250. The van der Waals surface area contributed by atoms with Gasteiger partial charge in [0.15, 0.2) is 0 Å². The van der Waals surface area contributed by atoms with E-state index >= 15 is 0 Å². The molecule has 0 spiro atoms. The van der Waals surface area contributed by atoms with Crippen LogP contribution in [0.5, 0.6) is 0 Å². The Labute approximate surface area is 107 Å². The molecule has 0 amide bonds. The van der Waals surface area contributed by atoms with Crippen molar-refractivity contribution in [3.63, 3.8) is 0 Å². The third-order valence-electron chi connectivity index (χ3n) is 3.40. The van der Waals surface area contributed by atoms with Gasteiger partial charge in [-0.05, 0) is 47.9 Å². The van der Waals surface area contributed by atoms with E-state index in [1.54, 1.807) is 0 Å². The van der Waals surface area contributed by atoms with Gasteiger partial charge in [-0.1, -0.05) is 13.8 Å².